The average Bonchev–Trinajstić information content (AvgIpc) is 2.46. The molecule has 5 heteroatoms. The highest BCUT2D eigenvalue weighted by atomic mass is 16.5. The fourth-order valence-electron chi connectivity index (χ4n) is 2.32. The number of hydrogen-bond donors (Lipinski definition) is 1. The van der Waals surface area contributed by atoms with Gasteiger partial charge in [0.2, 0.25) is 0 Å². The summed E-state index contributed by atoms with van der Waals surface area (Å²) in [5.74, 6) is -0.781. The predicted octanol–water partition coefficient (Wildman–Crippen LogP) is 1.25. The number of benzene rings is 1. The fourth-order valence-corrected chi connectivity index (χ4v) is 2.32. The zero-order valence-corrected chi connectivity index (χ0v) is 12.0. The second kappa shape index (κ2) is 6.83. The predicted molar refractivity (Wildman–Crippen MR) is 76.3 cm³/mol. The first-order valence-electron chi connectivity index (χ1n) is 6.90. The second-order valence-corrected chi connectivity index (χ2v) is 5.24. The molecule has 1 heterocycles. The van der Waals surface area contributed by atoms with Gasteiger partial charge in [0.1, 0.15) is 12.3 Å². The Balaban J connectivity index is 1.90. The molecule has 2 rings (SSSR count). The lowest BCUT2D eigenvalue weighted by molar-refractivity contribution is -0.148. The number of carbonyl (C=O) groups is 1. The summed E-state index contributed by atoms with van der Waals surface area (Å²) < 4.78 is 5.93. The summed E-state index contributed by atoms with van der Waals surface area (Å²) in [7, 11) is 2.01. The van der Waals surface area contributed by atoms with Gasteiger partial charge in [0.25, 0.3) is 0 Å². The van der Waals surface area contributed by atoms with Gasteiger partial charge in [-0.25, -0.2) is 0 Å². The van der Waals surface area contributed by atoms with Crippen molar-refractivity contribution in [3.05, 3.63) is 35.9 Å². The molecule has 1 aliphatic heterocycles. The highest BCUT2D eigenvalue weighted by Crippen LogP contribution is 2.14. The van der Waals surface area contributed by atoms with Crippen molar-refractivity contribution in [2.24, 2.45) is 0 Å². The minimum absolute atomic E-state index is 0.0641. The maximum Gasteiger partial charge on any atom is 0.320 e. The lowest BCUT2D eigenvalue weighted by Crippen LogP contribution is -2.56. The number of hydrogen-bond acceptors (Lipinski definition) is 4. The summed E-state index contributed by atoms with van der Waals surface area (Å²) in [5, 5.41) is 9.10. The first-order valence-corrected chi connectivity index (χ1v) is 6.90. The lowest BCUT2D eigenvalue weighted by atomic mass is 10.2. The van der Waals surface area contributed by atoms with Gasteiger partial charge in [-0.15, -0.1) is 0 Å². The summed E-state index contributed by atoms with van der Waals surface area (Å²) in [6.45, 7) is 4.47. The number of piperazine rings is 1. The third kappa shape index (κ3) is 3.79. The molecule has 1 saturated heterocycles. The van der Waals surface area contributed by atoms with Crippen LogP contribution in [-0.4, -0.2) is 59.8 Å². The van der Waals surface area contributed by atoms with Crippen molar-refractivity contribution < 1.29 is 14.6 Å². The molecule has 1 aromatic rings. The van der Waals surface area contributed by atoms with Crippen molar-refractivity contribution in [1.82, 2.24) is 9.80 Å². The molecule has 5 nitrogen and oxygen atoms in total. The molecule has 0 spiro atoms. The number of carboxylic acids is 1. The van der Waals surface area contributed by atoms with E-state index in [0.717, 1.165) is 18.7 Å². The molecule has 110 valence electrons. The van der Waals surface area contributed by atoms with Crippen molar-refractivity contribution in [2.75, 3.05) is 26.7 Å². The summed E-state index contributed by atoms with van der Waals surface area (Å²) in [6.07, 6.45) is -0.0641. The molecule has 0 amide bonds. The van der Waals surface area contributed by atoms with Crippen LogP contribution in [0.3, 0.4) is 0 Å². The summed E-state index contributed by atoms with van der Waals surface area (Å²) in [5.41, 5.74) is 1.13. The minimum Gasteiger partial charge on any atom is -0.480 e. The van der Waals surface area contributed by atoms with Crippen molar-refractivity contribution >= 4 is 5.97 Å². The van der Waals surface area contributed by atoms with Gasteiger partial charge >= 0.3 is 5.97 Å². The zero-order valence-electron chi connectivity index (χ0n) is 12.0. The standard InChI is InChI=1S/C15H22N2O3/c1-12(15(18)19)17-9-8-16(2)14(10-17)20-11-13-6-4-3-5-7-13/h3-7,12,14H,8-11H2,1-2H3,(H,18,19). The van der Waals surface area contributed by atoms with Gasteiger partial charge in [0.15, 0.2) is 0 Å². The van der Waals surface area contributed by atoms with Crippen LogP contribution in [0.1, 0.15) is 12.5 Å². The summed E-state index contributed by atoms with van der Waals surface area (Å²) in [6, 6.07) is 9.55. The molecule has 0 radical (unpaired) electrons. The van der Waals surface area contributed by atoms with Gasteiger partial charge in [-0.1, -0.05) is 30.3 Å². The number of ether oxygens (including phenoxy) is 1. The van der Waals surface area contributed by atoms with Crippen LogP contribution in [0, 0.1) is 0 Å². The Morgan fingerprint density at radius 2 is 2.10 bits per heavy atom. The maximum absolute atomic E-state index is 11.1. The maximum atomic E-state index is 11.1. The third-order valence-electron chi connectivity index (χ3n) is 3.81. The van der Waals surface area contributed by atoms with Crippen LogP contribution in [0.15, 0.2) is 30.3 Å². The average molecular weight is 278 g/mol. The van der Waals surface area contributed by atoms with E-state index in [9.17, 15) is 4.79 Å². The van der Waals surface area contributed by atoms with Gasteiger partial charge in [-0.3, -0.25) is 14.6 Å². The SMILES string of the molecule is CC(C(=O)O)N1CCN(C)C(OCc2ccccc2)C1. The quantitative estimate of drug-likeness (QED) is 0.878. The largest absolute Gasteiger partial charge is 0.480 e. The fraction of sp³-hybridized carbons (Fsp3) is 0.533. The number of rotatable bonds is 5. The molecular weight excluding hydrogens is 256 g/mol. The van der Waals surface area contributed by atoms with Crippen molar-refractivity contribution in [3.8, 4) is 0 Å². The first-order chi connectivity index (χ1) is 9.58. The van der Waals surface area contributed by atoms with Crippen LogP contribution in [0.4, 0.5) is 0 Å². The van der Waals surface area contributed by atoms with Gasteiger partial charge in [-0.05, 0) is 19.5 Å². The van der Waals surface area contributed by atoms with Crippen LogP contribution < -0.4 is 0 Å². The summed E-state index contributed by atoms with van der Waals surface area (Å²) in [4.78, 5) is 15.2. The van der Waals surface area contributed by atoms with Gasteiger partial charge in [0.05, 0.1) is 6.61 Å². The molecule has 1 fully saturated rings. The van der Waals surface area contributed by atoms with E-state index in [4.69, 9.17) is 9.84 Å². The highest BCUT2D eigenvalue weighted by Gasteiger charge is 2.30. The van der Waals surface area contributed by atoms with E-state index in [1.165, 1.54) is 0 Å². The second-order valence-electron chi connectivity index (χ2n) is 5.24. The van der Waals surface area contributed by atoms with E-state index >= 15 is 0 Å². The van der Waals surface area contributed by atoms with E-state index in [1.807, 2.05) is 42.3 Å². The highest BCUT2D eigenvalue weighted by molar-refractivity contribution is 5.72. The molecule has 20 heavy (non-hydrogen) atoms. The Bertz CT molecular complexity index is 438. The third-order valence-corrected chi connectivity index (χ3v) is 3.81. The Morgan fingerprint density at radius 3 is 2.75 bits per heavy atom. The molecule has 1 N–H and O–H groups in total. The Labute approximate surface area is 119 Å². The molecule has 1 aliphatic rings. The smallest absolute Gasteiger partial charge is 0.320 e. The Morgan fingerprint density at radius 1 is 1.40 bits per heavy atom. The number of aliphatic carboxylic acids is 1. The molecule has 0 aromatic heterocycles. The molecular formula is C15H22N2O3. The number of nitrogens with zero attached hydrogens (tertiary/aromatic N) is 2. The van der Waals surface area contributed by atoms with Crippen LogP contribution >= 0.6 is 0 Å². The van der Waals surface area contributed by atoms with E-state index in [2.05, 4.69) is 4.90 Å². The van der Waals surface area contributed by atoms with Crippen molar-refractivity contribution in [1.29, 1.82) is 0 Å². The van der Waals surface area contributed by atoms with Crippen LogP contribution in [-0.2, 0) is 16.1 Å². The van der Waals surface area contributed by atoms with Crippen molar-refractivity contribution in [2.45, 2.75) is 25.8 Å². The minimum atomic E-state index is -0.781. The Hall–Kier alpha value is -1.43. The molecule has 2 unspecified atom stereocenters. The molecule has 0 bridgehead atoms. The van der Waals surface area contributed by atoms with E-state index in [1.54, 1.807) is 6.92 Å². The van der Waals surface area contributed by atoms with Crippen LogP contribution in [0.5, 0.6) is 0 Å². The molecule has 1 aromatic carbocycles. The topological polar surface area (TPSA) is 53.0 Å². The zero-order chi connectivity index (χ0) is 14.5. The monoisotopic (exact) mass is 278 g/mol. The normalized spacial score (nSPS) is 22.6. The number of likely N-dealkylation sites (N-methyl/N-ethyl adjacent to an activating group) is 1. The molecule has 0 aliphatic carbocycles. The van der Waals surface area contributed by atoms with Gasteiger partial charge in [0, 0.05) is 19.6 Å². The van der Waals surface area contributed by atoms with Gasteiger partial charge in [-0.2, -0.15) is 0 Å². The van der Waals surface area contributed by atoms with Crippen molar-refractivity contribution in [3.63, 3.8) is 0 Å². The lowest BCUT2D eigenvalue weighted by Gasteiger charge is -2.40. The molecule has 2 atom stereocenters. The van der Waals surface area contributed by atoms with E-state index < -0.39 is 12.0 Å². The summed E-state index contributed by atoms with van der Waals surface area (Å²) >= 11 is 0. The number of carboxylic acid groups (broad SMARTS) is 1. The Kier molecular flexibility index (Phi) is 5.11. The molecule has 0 saturated carbocycles. The first kappa shape index (κ1) is 15.0. The van der Waals surface area contributed by atoms with Crippen LogP contribution in [0.2, 0.25) is 0 Å². The van der Waals surface area contributed by atoms with E-state index in [-0.39, 0.29) is 6.23 Å². The van der Waals surface area contributed by atoms with Gasteiger partial charge < -0.3 is 9.84 Å². The van der Waals surface area contributed by atoms with Crippen LogP contribution in [0.25, 0.3) is 0 Å². The van der Waals surface area contributed by atoms with E-state index in [0.29, 0.717) is 13.2 Å².